The quantitative estimate of drug-likeness (QED) is 0.682. The second-order valence-electron chi connectivity index (χ2n) is 6.62. The summed E-state index contributed by atoms with van der Waals surface area (Å²) in [6.45, 7) is 3.37. The first-order valence-electron chi connectivity index (χ1n) is 8.91. The normalized spacial score (nSPS) is 15.9. The van der Waals surface area contributed by atoms with Crippen LogP contribution in [0.25, 0.3) is 11.1 Å². The van der Waals surface area contributed by atoms with Gasteiger partial charge in [0.2, 0.25) is 5.89 Å². The average Bonchev–Trinajstić information content (AvgIpc) is 2.89. The highest BCUT2D eigenvalue weighted by molar-refractivity contribution is 6.33. The molecular formula is C20H19ClFN3O2. The predicted octanol–water partition coefficient (Wildman–Crippen LogP) is 3.97. The Morgan fingerprint density at radius 2 is 2.00 bits per heavy atom. The molecule has 1 saturated heterocycles. The van der Waals surface area contributed by atoms with Crippen LogP contribution in [0, 0.1) is 5.82 Å². The van der Waals surface area contributed by atoms with E-state index in [9.17, 15) is 9.18 Å². The van der Waals surface area contributed by atoms with Crippen molar-refractivity contribution in [2.75, 3.05) is 26.2 Å². The van der Waals surface area contributed by atoms with Crippen LogP contribution >= 0.6 is 11.6 Å². The third kappa shape index (κ3) is 3.96. The molecule has 0 aliphatic carbocycles. The van der Waals surface area contributed by atoms with Gasteiger partial charge in [0.1, 0.15) is 11.3 Å². The average molecular weight is 388 g/mol. The number of amides is 1. The van der Waals surface area contributed by atoms with Gasteiger partial charge in [0, 0.05) is 32.2 Å². The van der Waals surface area contributed by atoms with Crippen LogP contribution in [0.5, 0.6) is 0 Å². The van der Waals surface area contributed by atoms with Gasteiger partial charge in [0.25, 0.3) is 5.91 Å². The molecular weight excluding hydrogens is 369 g/mol. The molecule has 2 heterocycles. The van der Waals surface area contributed by atoms with Gasteiger partial charge in [-0.1, -0.05) is 23.7 Å². The van der Waals surface area contributed by atoms with Gasteiger partial charge >= 0.3 is 0 Å². The van der Waals surface area contributed by atoms with E-state index in [0.29, 0.717) is 53.8 Å². The topological polar surface area (TPSA) is 49.6 Å². The van der Waals surface area contributed by atoms with E-state index in [-0.39, 0.29) is 11.7 Å². The number of carbonyl (C=O) groups excluding carboxylic acids is 1. The van der Waals surface area contributed by atoms with Gasteiger partial charge < -0.3 is 9.32 Å². The van der Waals surface area contributed by atoms with Crippen molar-refractivity contribution < 1.29 is 13.6 Å². The van der Waals surface area contributed by atoms with Crippen LogP contribution in [-0.2, 0) is 6.54 Å². The van der Waals surface area contributed by atoms with E-state index in [0.717, 1.165) is 13.0 Å². The van der Waals surface area contributed by atoms with Crippen molar-refractivity contribution in [1.29, 1.82) is 0 Å². The molecule has 0 spiro atoms. The summed E-state index contributed by atoms with van der Waals surface area (Å²) in [6.07, 6.45) is 0.852. The van der Waals surface area contributed by atoms with Gasteiger partial charge in [-0.3, -0.25) is 9.69 Å². The number of carbonyl (C=O) groups is 1. The fourth-order valence-corrected chi connectivity index (χ4v) is 3.56. The van der Waals surface area contributed by atoms with E-state index < -0.39 is 0 Å². The van der Waals surface area contributed by atoms with Crippen molar-refractivity contribution in [2.45, 2.75) is 13.0 Å². The van der Waals surface area contributed by atoms with Crippen molar-refractivity contribution >= 4 is 28.6 Å². The number of rotatable bonds is 3. The Morgan fingerprint density at radius 1 is 1.15 bits per heavy atom. The first-order chi connectivity index (χ1) is 13.1. The molecule has 0 unspecified atom stereocenters. The van der Waals surface area contributed by atoms with Crippen LogP contribution in [0.3, 0.4) is 0 Å². The van der Waals surface area contributed by atoms with Crippen molar-refractivity contribution in [3.8, 4) is 0 Å². The molecule has 1 fully saturated rings. The monoisotopic (exact) mass is 387 g/mol. The summed E-state index contributed by atoms with van der Waals surface area (Å²) in [7, 11) is 0. The van der Waals surface area contributed by atoms with E-state index in [2.05, 4.69) is 9.88 Å². The van der Waals surface area contributed by atoms with Crippen LogP contribution in [-0.4, -0.2) is 46.9 Å². The van der Waals surface area contributed by atoms with Crippen molar-refractivity contribution in [3.05, 3.63) is 64.8 Å². The molecule has 0 N–H and O–H groups in total. The summed E-state index contributed by atoms with van der Waals surface area (Å²) >= 11 is 6.16. The highest BCUT2D eigenvalue weighted by Crippen LogP contribution is 2.20. The lowest BCUT2D eigenvalue weighted by Gasteiger charge is -2.21. The molecule has 7 heteroatoms. The van der Waals surface area contributed by atoms with Crippen molar-refractivity contribution in [3.63, 3.8) is 0 Å². The molecule has 1 aliphatic heterocycles. The fourth-order valence-electron chi connectivity index (χ4n) is 3.34. The summed E-state index contributed by atoms with van der Waals surface area (Å²) in [4.78, 5) is 21.2. The molecule has 2 aromatic carbocycles. The minimum atomic E-state index is -0.339. The highest BCUT2D eigenvalue weighted by atomic mass is 35.5. The number of fused-ring (bicyclic) bond motifs is 1. The Morgan fingerprint density at radius 3 is 2.85 bits per heavy atom. The molecule has 1 aliphatic rings. The smallest absolute Gasteiger partial charge is 0.255 e. The summed E-state index contributed by atoms with van der Waals surface area (Å²) in [5.41, 5.74) is 1.64. The minimum absolute atomic E-state index is 0.0419. The number of oxazole rings is 1. The zero-order valence-corrected chi connectivity index (χ0v) is 15.5. The van der Waals surface area contributed by atoms with Gasteiger partial charge in [-0.05, 0) is 30.7 Å². The number of hydrogen-bond acceptors (Lipinski definition) is 4. The molecule has 0 radical (unpaired) electrons. The van der Waals surface area contributed by atoms with E-state index in [1.165, 1.54) is 12.1 Å². The Hall–Kier alpha value is -2.44. The van der Waals surface area contributed by atoms with E-state index in [4.69, 9.17) is 16.0 Å². The highest BCUT2D eigenvalue weighted by Gasteiger charge is 2.22. The molecule has 27 heavy (non-hydrogen) atoms. The number of aromatic nitrogens is 1. The zero-order chi connectivity index (χ0) is 18.8. The first kappa shape index (κ1) is 17.9. The summed E-state index contributed by atoms with van der Waals surface area (Å²) < 4.78 is 19.0. The molecule has 140 valence electrons. The van der Waals surface area contributed by atoms with Gasteiger partial charge in [-0.2, -0.15) is 0 Å². The molecule has 4 rings (SSSR count). The SMILES string of the molecule is O=C(c1ccccc1Cl)N1CCCN(Cc2nc3ccc(F)cc3o2)CC1. The van der Waals surface area contributed by atoms with Crippen LogP contribution in [0.1, 0.15) is 22.7 Å². The van der Waals surface area contributed by atoms with E-state index in [1.807, 2.05) is 17.0 Å². The van der Waals surface area contributed by atoms with Crippen LogP contribution in [0.15, 0.2) is 46.9 Å². The number of halogens is 2. The summed E-state index contributed by atoms with van der Waals surface area (Å²) in [5.74, 6) is 0.176. The first-order valence-corrected chi connectivity index (χ1v) is 9.29. The maximum Gasteiger partial charge on any atom is 0.255 e. The number of hydrogen-bond donors (Lipinski definition) is 0. The third-order valence-corrected chi connectivity index (χ3v) is 5.06. The predicted molar refractivity (Wildman–Crippen MR) is 101 cm³/mol. The largest absolute Gasteiger partial charge is 0.439 e. The van der Waals surface area contributed by atoms with Crippen molar-refractivity contribution in [1.82, 2.24) is 14.8 Å². The lowest BCUT2D eigenvalue weighted by atomic mass is 10.2. The Kier molecular flexibility index (Phi) is 5.09. The van der Waals surface area contributed by atoms with Gasteiger partial charge in [-0.25, -0.2) is 9.37 Å². The molecule has 0 bridgehead atoms. The second kappa shape index (κ2) is 7.66. The van der Waals surface area contributed by atoms with Gasteiger partial charge in [0.05, 0.1) is 17.1 Å². The van der Waals surface area contributed by atoms with Crippen LogP contribution in [0.2, 0.25) is 5.02 Å². The Labute approximate surface area is 161 Å². The Bertz CT molecular complexity index is 975. The zero-order valence-electron chi connectivity index (χ0n) is 14.7. The van der Waals surface area contributed by atoms with Gasteiger partial charge in [0.15, 0.2) is 5.58 Å². The fraction of sp³-hybridized carbons (Fsp3) is 0.300. The molecule has 1 aromatic heterocycles. The van der Waals surface area contributed by atoms with Crippen LogP contribution in [0.4, 0.5) is 4.39 Å². The van der Waals surface area contributed by atoms with Crippen molar-refractivity contribution in [2.24, 2.45) is 0 Å². The molecule has 5 nitrogen and oxygen atoms in total. The molecule has 3 aromatic rings. The molecule has 0 saturated carbocycles. The van der Waals surface area contributed by atoms with Crippen LogP contribution < -0.4 is 0 Å². The lowest BCUT2D eigenvalue weighted by Crippen LogP contribution is -2.35. The number of benzene rings is 2. The third-order valence-electron chi connectivity index (χ3n) is 4.73. The van der Waals surface area contributed by atoms with Gasteiger partial charge in [-0.15, -0.1) is 0 Å². The standard InChI is InChI=1S/C20H19ClFN3O2/c21-16-5-2-1-4-15(16)20(26)25-9-3-8-24(10-11-25)13-19-23-17-7-6-14(22)12-18(17)27-19/h1-2,4-7,12H,3,8-11,13H2. The number of nitrogens with zero attached hydrogens (tertiary/aromatic N) is 3. The molecule has 0 atom stereocenters. The van der Waals surface area contributed by atoms with E-state index in [1.54, 1.807) is 18.2 Å². The summed E-state index contributed by atoms with van der Waals surface area (Å²) in [5, 5.41) is 0.474. The second-order valence-corrected chi connectivity index (χ2v) is 7.03. The Balaban J connectivity index is 1.42. The summed E-state index contributed by atoms with van der Waals surface area (Å²) in [6, 6.07) is 11.5. The maximum absolute atomic E-state index is 13.3. The lowest BCUT2D eigenvalue weighted by molar-refractivity contribution is 0.0761. The molecule has 1 amide bonds. The van der Waals surface area contributed by atoms with E-state index >= 15 is 0 Å². The minimum Gasteiger partial charge on any atom is -0.439 e. The maximum atomic E-state index is 13.3.